The van der Waals surface area contributed by atoms with Crippen LogP contribution in [0.3, 0.4) is 0 Å². The number of hydrogen-bond acceptors (Lipinski definition) is 7. The van der Waals surface area contributed by atoms with E-state index in [0.29, 0.717) is 40.9 Å². The van der Waals surface area contributed by atoms with Crippen LogP contribution in [-0.4, -0.2) is 69.8 Å². The summed E-state index contributed by atoms with van der Waals surface area (Å²) in [7, 11) is 1.57. The molecule has 1 saturated heterocycles. The summed E-state index contributed by atoms with van der Waals surface area (Å²) in [6.07, 6.45) is 0.379. The number of pyridine rings is 1. The van der Waals surface area contributed by atoms with Crippen molar-refractivity contribution in [1.82, 2.24) is 14.8 Å². The minimum Gasteiger partial charge on any atom is -0.444 e. The largest absolute Gasteiger partial charge is 0.444 e. The van der Waals surface area contributed by atoms with Gasteiger partial charge in [0.05, 0.1) is 35.9 Å². The molecule has 10 heteroatoms. The zero-order valence-corrected chi connectivity index (χ0v) is 23.4. The molecule has 3 aliphatic rings. The highest BCUT2D eigenvalue weighted by atomic mass is 79.9. The fourth-order valence-corrected chi connectivity index (χ4v) is 5.98. The van der Waals surface area contributed by atoms with Gasteiger partial charge in [0.15, 0.2) is 5.78 Å². The monoisotopic (exact) mass is 583 g/mol. The number of imide groups is 1. The summed E-state index contributed by atoms with van der Waals surface area (Å²) in [5.41, 5.74) is 0.830. The maximum absolute atomic E-state index is 13.7. The van der Waals surface area contributed by atoms with Crippen molar-refractivity contribution in [3.05, 3.63) is 63.4 Å². The van der Waals surface area contributed by atoms with Gasteiger partial charge >= 0.3 is 6.09 Å². The number of ether oxygens (including phenoxy) is 2. The van der Waals surface area contributed by atoms with Gasteiger partial charge in [-0.2, -0.15) is 0 Å². The predicted molar refractivity (Wildman–Crippen MR) is 140 cm³/mol. The molecule has 1 aromatic carbocycles. The number of piperidine rings is 1. The minimum atomic E-state index is -0.755. The van der Waals surface area contributed by atoms with Crippen molar-refractivity contribution in [3.8, 4) is 0 Å². The maximum Gasteiger partial charge on any atom is 0.411 e. The molecular weight excluding hydrogens is 554 g/mol. The van der Waals surface area contributed by atoms with Crippen molar-refractivity contribution < 1.29 is 28.7 Å². The number of carbonyl (C=O) groups is 4. The van der Waals surface area contributed by atoms with Crippen LogP contribution in [0.1, 0.15) is 65.6 Å². The Labute approximate surface area is 229 Å². The van der Waals surface area contributed by atoms with Gasteiger partial charge in [0, 0.05) is 25.1 Å². The lowest BCUT2D eigenvalue weighted by Gasteiger charge is -2.30. The Morgan fingerprint density at radius 3 is 2.34 bits per heavy atom. The van der Waals surface area contributed by atoms with Crippen molar-refractivity contribution in [3.63, 3.8) is 0 Å². The molecule has 2 fully saturated rings. The quantitative estimate of drug-likeness (QED) is 0.356. The van der Waals surface area contributed by atoms with Crippen molar-refractivity contribution in [2.45, 2.75) is 64.3 Å². The minimum absolute atomic E-state index is 0.0118. The van der Waals surface area contributed by atoms with Gasteiger partial charge in [0.1, 0.15) is 10.2 Å². The Balaban J connectivity index is 1.41. The third kappa shape index (κ3) is 4.75. The molecule has 38 heavy (non-hydrogen) atoms. The van der Waals surface area contributed by atoms with Crippen molar-refractivity contribution in [2.75, 3.05) is 13.7 Å². The van der Waals surface area contributed by atoms with Crippen molar-refractivity contribution in [1.29, 1.82) is 0 Å². The number of amides is 3. The van der Waals surface area contributed by atoms with Crippen LogP contribution in [0.15, 0.2) is 41.0 Å². The second kappa shape index (κ2) is 9.57. The van der Waals surface area contributed by atoms with Crippen LogP contribution < -0.4 is 0 Å². The summed E-state index contributed by atoms with van der Waals surface area (Å²) in [4.78, 5) is 60.4. The van der Waals surface area contributed by atoms with E-state index in [2.05, 4.69) is 20.9 Å². The van der Waals surface area contributed by atoms with E-state index < -0.39 is 23.2 Å². The molecule has 5 rings (SSSR count). The number of likely N-dealkylation sites (tertiary alicyclic amines) is 1. The Kier molecular flexibility index (Phi) is 6.67. The van der Waals surface area contributed by atoms with Gasteiger partial charge in [-0.05, 0) is 73.3 Å². The molecule has 9 nitrogen and oxygen atoms in total. The van der Waals surface area contributed by atoms with E-state index in [1.165, 1.54) is 9.80 Å². The van der Waals surface area contributed by atoms with Gasteiger partial charge in [-0.1, -0.05) is 18.2 Å². The lowest BCUT2D eigenvalue weighted by Crippen LogP contribution is -2.46. The number of fused-ring (bicyclic) bond motifs is 2. The van der Waals surface area contributed by atoms with E-state index in [9.17, 15) is 19.2 Å². The molecule has 2 aliphatic heterocycles. The first kappa shape index (κ1) is 26.5. The maximum atomic E-state index is 13.7. The van der Waals surface area contributed by atoms with Gasteiger partial charge in [0.2, 0.25) is 0 Å². The molecule has 1 aliphatic carbocycles. The summed E-state index contributed by atoms with van der Waals surface area (Å²) >= 11 is 3.37. The van der Waals surface area contributed by atoms with Gasteiger partial charge in [-0.15, -0.1) is 0 Å². The number of nitrogens with zero attached hydrogens (tertiary/aromatic N) is 3. The summed E-state index contributed by atoms with van der Waals surface area (Å²) in [5, 5.41) is 0. The summed E-state index contributed by atoms with van der Waals surface area (Å²) < 4.78 is 11.6. The van der Waals surface area contributed by atoms with Crippen LogP contribution >= 0.6 is 15.9 Å². The van der Waals surface area contributed by atoms with Gasteiger partial charge < -0.3 is 9.47 Å². The molecular formula is C28H30BrN3O6. The Hall–Kier alpha value is -3.11. The fourth-order valence-electron chi connectivity index (χ4n) is 5.64. The number of halogens is 1. The first-order valence-corrected chi connectivity index (χ1v) is 13.4. The van der Waals surface area contributed by atoms with Crippen LogP contribution in [0.2, 0.25) is 0 Å². The Morgan fingerprint density at radius 1 is 1.08 bits per heavy atom. The third-order valence-corrected chi connectivity index (χ3v) is 7.86. The van der Waals surface area contributed by atoms with Gasteiger partial charge in [-0.25, -0.2) is 9.78 Å². The van der Waals surface area contributed by atoms with Crippen LogP contribution in [0, 0.1) is 5.41 Å². The topological polar surface area (TPSA) is 106 Å². The normalized spacial score (nSPS) is 23.9. The summed E-state index contributed by atoms with van der Waals surface area (Å²) in [6.45, 7) is 5.78. The first-order chi connectivity index (χ1) is 17.9. The highest BCUT2D eigenvalue weighted by Gasteiger charge is 2.68. The standard InChI is InChI=1S/C28H30BrN3O6/c1-27(2,3)38-26(36)32-20(21(33)11-19-16(14-37-4)9-10-23(29)30-19)12-28(13-22(28)32)15-31-24(34)17-7-5-6-8-18(17)25(31)35/h5-10,20,22H,11-15H2,1-4H3/t20-,22+,28-/m0/s1. The van der Waals surface area contributed by atoms with Crippen LogP contribution in [0.5, 0.6) is 0 Å². The lowest BCUT2D eigenvalue weighted by molar-refractivity contribution is -0.123. The predicted octanol–water partition coefficient (Wildman–Crippen LogP) is 4.17. The van der Waals surface area contributed by atoms with E-state index in [1.807, 2.05) is 6.07 Å². The number of carbonyl (C=O) groups excluding carboxylic acids is 4. The molecule has 3 amide bonds. The van der Waals surface area contributed by atoms with E-state index in [0.717, 1.165) is 5.56 Å². The number of rotatable bonds is 7. The molecule has 3 atom stereocenters. The van der Waals surface area contributed by atoms with E-state index in [1.54, 1.807) is 58.2 Å². The number of methoxy groups -OCH3 is 1. The van der Waals surface area contributed by atoms with Crippen molar-refractivity contribution >= 4 is 39.6 Å². The molecule has 0 unspecified atom stereocenters. The fraction of sp³-hybridized carbons (Fsp3) is 0.464. The highest BCUT2D eigenvalue weighted by molar-refractivity contribution is 9.10. The average Bonchev–Trinajstić information content (AvgIpc) is 3.36. The molecule has 0 N–H and O–H groups in total. The lowest BCUT2D eigenvalue weighted by atomic mass is 9.94. The molecule has 1 aromatic heterocycles. The smallest absolute Gasteiger partial charge is 0.411 e. The number of ketones is 1. The van der Waals surface area contributed by atoms with Crippen molar-refractivity contribution in [2.24, 2.45) is 5.41 Å². The van der Waals surface area contributed by atoms with Crippen LogP contribution in [-0.2, 0) is 27.3 Å². The molecule has 3 heterocycles. The second-order valence-corrected chi connectivity index (χ2v) is 12.1. The second-order valence-electron chi connectivity index (χ2n) is 11.2. The first-order valence-electron chi connectivity index (χ1n) is 12.6. The molecule has 0 bridgehead atoms. The molecule has 0 radical (unpaired) electrons. The number of benzene rings is 1. The molecule has 200 valence electrons. The van der Waals surface area contributed by atoms with Gasteiger partial charge in [-0.3, -0.25) is 24.2 Å². The summed E-state index contributed by atoms with van der Waals surface area (Å²) in [5.74, 6) is -0.855. The van der Waals surface area contributed by atoms with Gasteiger partial charge in [0.25, 0.3) is 11.8 Å². The van der Waals surface area contributed by atoms with Crippen LogP contribution in [0.25, 0.3) is 0 Å². The van der Waals surface area contributed by atoms with Crippen LogP contribution in [0.4, 0.5) is 4.79 Å². The van der Waals surface area contributed by atoms with E-state index >= 15 is 0 Å². The average molecular weight is 584 g/mol. The number of hydrogen-bond donors (Lipinski definition) is 0. The Bertz CT molecular complexity index is 1300. The SMILES string of the molecule is COCc1ccc(Br)nc1CC(=O)[C@@H]1C[C@@]2(CN3C(=O)c4ccccc4C3=O)C[C@H]2N1C(=O)OC(C)(C)C. The molecule has 0 spiro atoms. The zero-order chi connectivity index (χ0) is 27.4. The van der Waals surface area contributed by atoms with E-state index in [-0.39, 0.29) is 36.6 Å². The number of Topliss-reactive ketones (excluding diaryl/α,β-unsaturated/α-hetero) is 1. The Morgan fingerprint density at radius 2 is 1.74 bits per heavy atom. The zero-order valence-electron chi connectivity index (χ0n) is 21.8. The third-order valence-electron chi connectivity index (χ3n) is 7.42. The summed E-state index contributed by atoms with van der Waals surface area (Å²) in [6, 6.07) is 9.34. The highest BCUT2D eigenvalue weighted by Crippen LogP contribution is 2.60. The van der Waals surface area contributed by atoms with E-state index in [4.69, 9.17) is 9.47 Å². The number of aromatic nitrogens is 1. The molecule has 1 saturated carbocycles. The molecule has 2 aromatic rings.